The summed E-state index contributed by atoms with van der Waals surface area (Å²) in [6, 6.07) is 0. The number of carbonyl (C=O) groups is 1. The number of allylic oxidation sites excluding steroid dienone is 1. The van der Waals surface area contributed by atoms with Crippen LogP contribution in [-0.2, 0) is 27.5 Å². The molecule has 150 valence electrons. The third-order valence-corrected chi connectivity index (χ3v) is 5.03. The fourth-order valence-corrected chi connectivity index (χ4v) is 3.42. The normalized spacial score (nSPS) is 20.2. The second-order valence-electron chi connectivity index (χ2n) is 6.75. The fraction of sp³-hybridized carbons (Fsp3) is 0.500. The van der Waals surface area contributed by atoms with E-state index in [1.807, 2.05) is 13.8 Å². The van der Waals surface area contributed by atoms with Gasteiger partial charge in [0.2, 0.25) is 0 Å². The Morgan fingerprint density at radius 2 is 1.67 bits per heavy atom. The van der Waals surface area contributed by atoms with Gasteiger partial charge in [-0.25, -0.2) is 13.2 Å². The summed E-state index contributed by atoms with van der Waals surface area (Å²) in [5.41, 5.74) is -1.58. The zero-order valence-corrected chi connectivity index (χ0v) is 16.7. The Balaban J connectivity index is 2.24. The van der Waals surface area contributed by atoms with Crippen molar-refractivity contribution in [2.45, 2.75) is 27.1 Å². The minimum atomic E-state index is -1.41. The van der Waals surface area contributed by atoms with Gasteiger partial charge in [0, 0.05) is 7.11 Å². The molecule has 0 heterocycles. The Morgan fingerprint density at radius 3 is 2.19 bits per heavy atom. The third-order valence-electron chi connectivity index (χ3n) is 4.78. The molecule has 0 N–H and O–H groups in total. The van der Waals surface area contributed by atoms with Gasteiger partial charge < -0.3 is 14.2 Å². The van der Waals surface area contributed by atoms with Gasteiger partial charge in [-0.1, -0.05) is 37.0 Å². The van der Waals surface area contributed by atoms with Crippen molar-refractivity contribution in [1.29, 1.82) is 0 Å². The van der Waals surface area contributed by atoms with Crippen LogP contribution in [0.15, 0.2) is 10.6 Å². The third kappa shape index (κ3) is 4.20. The molecule has 1 aromatic carbocycles. The number of carbonyl (C=O) groups excluding carboxylic acids is 1. The highest BCUT2D eigenvalue weighted by Crippen LogP contribution is 2.60. The van der Waals surface area contributed by atoms with E-state index in [4.69, 9.17) is 32.7 Å². The molecule has 1 aromatic rings. The number of hydrogen-bond acceptors (Lipinski definition) is 4. The molecule has 4 nitrogen and oxygen atoms in total. The maximum absolute atomic E-state index is 14.4. The summed E-state index contributed by atoms with van der Waals surface area (Å²) >= 11 is 11.3. The lowest BCUT2D eigenvalue weighted by molar-refractivity contribution is -0.147. The van der Waals surface area contributed by atoms with E-state index in [1.54, 1.807) is 0 Å². The van der Waals surface area contributed by atoms with E-state index in [1.165, 1.54) is 13.2 Å². The Labute approximate surface area is 165 Å². The van der Waals surface area contributed by atoms with Crippen LogP contribution in [0.1, 0.15) is 25.0 Å². The van der Waals surface area contributed by atoms with Crippen LogP contribution < -0.4 is 4.74 Å². The lowest BCUT2D eigenvalue weighted by Gasteiger charge is -2.15. The predicted octanol–water partition coefficient (Wildman–Crippen LogP) is 4.89. The highest BCUT2D eigenvalue weighted by molar-refractivity contribution is 6.55. The molecule has 0 saturated heterocycles. The summed E-state index contributed by atoms with van der Waals surface area (Å²) in [6.07, 6.45) is 1.52. The van der Waals surface area contributed by atoms with Gasteiger partial charge in [-0.05, 0) is 17.4 Å². The van der Waals surface area contributed by atoms with Gasteiger partial charge in [-0.15, -0.1) is 0 Å². The molecule has 1 aliphatic carbocycles. The number of halogens is 5. The molecule has 1 aliphatic rings. The Morgan fingerprint density at radius 1 is 1.07 bits per heavy atom. The maximum Gasteiger partial charge on any atom is 0.310 e. The van der Waals surface area contributed by atoms with E-state index in [9.17, 15) is 18.0 Å². The maximum atomic E-state index is 14.4. The second-order valence-corrected chi connectivity index (χ2v) is 7.76. The van der Waals surface area contributed by atoms with Crippen LogP contribution in [0.4, 0.5) is 13.2 Å². The van der Waals surface area contributed by atoms with Crippen LogP contribution in [0.25, 0.3) is 0 Å². The predicted molar refractivity (Wildman–Crippen MR) is 93.9 cm³/mol. The van der Waals surface area contributed by atoms with Crippen LogP contribution in [0, 0.1) is 34.7 Å². The molecular formula is C18H19Cl2F3O4. The molecule has 0 radical (unpaired) electrons. The molecule has 27 heavy (non-hydrogen) atoms. The first-order valence-electron chi connectivity index (χ1n) is 7.98. The van der Waals surface area contributed by atoms with Gasteiger partial charge in [0.1, 0.15) is 11.1 Å². The Bertz CT molecular complexity index is 777. The number of benzene rings is 1. The lowest BCUT2D eigenvalue weighted by atomic mass is 10.1. The summed E-state index contributed by atoms with van der Waals surface area (Å²) in [6.45, 7) is 2.47. The number of hydrogen-bond donors (Lipinski definition) is 0. The Kier molecular flexibility index (Phi) is 6.71. The average Bonchev–Trinajstić information content (AvgIpc) is 3.12. The van der Waals surface area contributed by atoms with E-state index in [0.29, 0.717) is 0 Å². The molecule has 0 aliphatic heterocycles. The molecule has 2 rings (SSSR count). The van der Waals surface area contributed by atoms with Crippen LogP contribution in [0.2, 0.25) is 0 Å². The van der Waals surface area contributed by atoms with E-state index < -0.39 is 64.8 Å². The van der Waals surface area contributed by atoms with Crippen molar-refractivity contribution < 1.29 is 32.2 Å². The lowest BCUT2D eigenvalue weighted by Crippen LogP contribution is -2.14. The first-order chi connectivity index (χ1) is 12.6. The van der Waals surface area contributed by atoms with Crippen LogP contribution >= 0.6 is 23.2 Å². The molecule has 0 unspecified atom stereocenters. The van der Waals surface area contributed by atoms with E-state index in [-0.39, 0.29) is 10.4 Å². The summed E-state index contributed by atoms with van der Waals surface area (Å²) in [4.78, 5) is 12.3. The second kappa shape index (κ2) is 8.29. The average molecular weight is 427 g/mol. The quantitative estimate of drug-likeness (QED) is 0.459. The van der Waals surface area contributed by atoms with Crippen molar-refractivity contribution in [2.24, 2.45) is 17.3 Å². The molecule has 1 fully saturated rings. The largest absolute Gasteiger partial charge is 0.493 e. The number of esters is 1. The summed E-state index contributed by atoms with van der Waals surface area (Å²) in [5.74, 6) is -5.87. The molecule has 0 aromatic heterocycles. The van der Waals surface area contributed by atoms with Crippen LogP contribution in [0.5, 0.6) is 5.75 Å². The van der Waals surface area contributed by atoms with Gasteiger partial charge in [0.25, 0.3) is 0 Å². The standard InChI is InChI=1S/C18H19Cl2F3O4/c1-18(2)10(5-11(19)20)12(18)17(24)27-7-9-14(22)13(21)8(6-25-3)15(23)16(9)26-4/h5,10,12H,6-7H2,1-4H3/t10-,12+/m1/s1. The van der Waals surface area contributed by atoms with Crippen molar-refractivity contribution in [1.82, 2.24) is 0 Å². The fourth-order valence-electron chi connectivity index (χ4n) is 3.15. The molecular weight excluding hydrogens is 408 g/mol. The number of methoxy groups -OCH3 is 2. The molecule has 0 amide bonds. The zero-order valence-electron chi connectivity index (χ0n) is 15.2. The smallest absolute Gasteiger partial charge is 0.310 e. The molecule has 1 saturated carbocycles. The van der Waals surface area contributed by atoms with Gasteiger partial charge >= 0.3 is 5.97 Å². The molecule has 0 bridgehead atoms. The minimum Gasteiger partial charge on any atom is -0.493 e. The van der Waals surface area contributed by atoms with Crippen LogP contribution in [0.3, 0.4) is 0 Å². The summed E-state index contributed by atoms with van der Waals surface area (Å²) < 4.78 is 57.5. The molecule has 2 atom stereocenters. The number of ether oxygens (including phenoxy) is 3. The van der Waals surface area contributed by atoms with Crippen molar-refractivity contribution in [3.63, 3.8) is 0 Å². The van der Waals surface area contributed by atoms with Crippen molar-refractivity contribution in [3.05, 3.63) is 39.1 Å². The molecule has 0 spiro atoms. The van der Waals surface area contributed by atoms with Gasteiger partial charge in [-0.3, -0.25) is 4.79 Å². The van der Waals surface area contributed by atoms with Gasteiger partial charge in [-0.2, -0.15) is 0 Å². The minimum absolute atomic E-state index is 0.0222. The summed E-state index contributed by atoms with van der Waals surface area (Å²) in [7, 11) is 2.32. The van der Waals surface area contributed by atoms with E-state index in [0.717, 1.165) is 7.11 Å². The van der Waals surface area contributed by atoms with Crippen molar-refractivity contribution in [2.75, 3.05) is 14.2 Å². The SMILES string of the molecule is COCc1c(F)c(F)c(COC(=O)[C@@H]2[C@@H](C=C(Cl)Cl)C2(C)C)c(OC)c1F. The van der Waals surface area contributed by atoms with E-state index in [2.05, 4.69) is 4.74 Å². The monoisotopic (exact) mass is 426 g/mol. The first-order valence-corrected chi connectivity index (χ1v) is 8.74. The zero-order chi connectivity index (χ0) is 20.5. The van der Waals surface area contributed by atoms with Gasteiger partial charge in [0.05, 0.1) is 30.8 Å². The van der Waals surface area contributed by atoms with Gasteiger partial charge in [0.15, 0.2) is 23.2 Å². The number of rotatable bonds is 7. The topological polar surface area (TPSA) is 44.8 Å². The Hall–Kier alpha value is -1.44. The van der Waals surface area contributed by atoms with E-state index >= 15 is 0 Å². The highest BCUT2D eigenvalue weighted by atomic mass is 35.5. The summed E-state index contributed by atoms with van der Waals surface area (Å²) in [5, 5.41) is 0. The highest BCUT2D eigenvalue weighted by Gasteiger charge is 2.61. The molecule has 9 heteroatoms. The first kappa shape index (κ1) is 21.9. The van der Waals surface area contributed by atoms with Crippen molar-refractivity contribution >= 4 is 29.2 Å². The van der Waals surface area contributed by atoms with Crippen LogP contribution in [-0.4, -0.2) is 20.2 Å². The van der Waals surface area contributed by atoms with Crippen molar-refractivity contribution in [3.8, 4) is 5.75 Å².